The number of carbonyl (C=O) groups excluding carboxylic acids is 1. The van der Waals surface area contributed by atoms with Crippen molar-refractivity contribution in [3.63, 3.8) is 0 Å². The van der Waals surface area contributed by atoms with Crippen molar-refractivity contribution >= 4 is 5.97 Å². The van der Waals surface area contributed by atoms with E-state index >= 15 is 0 Å². The molecule has 0 saturated heterocycles. The highest BCUT2D eigenvalue weighted by Gasteiger charge is 2.23. The summed E-state index contributed by atoms with van der Waals surface area (Å²) in [7, 11) is 1.44. The second kappa shape index (κ2) is 5.25. The number of carbonyl (C=O) groups is 1. The van der Waals surface area contributed by atoms with E-state index in [1.165, 1.54) is 20.0 Å². The minimum atomic E-state index is -0.0912. The maximum Gasteiger partial charge on any atom is 0.305 e. The fourth-order valence-corrected chi connectivity index (χ4v) is 1.88. The number of esters is 1. The fraction of sp³-hybridized carbons (Fsp3) is 0.727. The molecular weight excluding hydrogens is 164 g/mol. The Balaban J connectivity index is 2.13. The van der Waals surface area contributed by atoms with Gasteiger partial charge in [-0.2, -0.15) is 0 Å². The fourth-order valence-electron chi connectivity index (χ4n) is 1.88. The molecule has 0 N–H and O–H groups in total. The first-order valence-corrected chi connectivity index (χ1v) is 4.95. The van der Waals surface area contributed by atoms with Gasteiger partial charge in [0.05, 0.1) is 7.11 Å². The third-order valence-corrected chi connectivity index (χ3v) is 2.79. The molecule has 1 aliphatic rings. The summed E-state index contributed by atoms with van der Waals surface area (Å²) in [5.41, 5.74) is 0. The average Bonchev–Trinajstić information content (AvgIpc) is 2.61. The van der Waals surface area contributed by atoms with Gasteiger partial charge in [-0.1, -0.05) is 13.3 Å². The van der Waals surface area contributed by atoms with E-state index in [1.54, 1.807) is 0 Å². The summed E-state index contributed by atoms with van der Waals surface area (Å²) in [4.78, 5) is 10.9. The van der Waals surface area contributed by atoms with Crippen LogP contribution < -0.4 is 0 Å². The molecule has 2 radical (unpaired) electrons. The van der Waals surface area contributed by atoms with Gasteiger partial charge in [0.15, 0.2) is 0 Å². The highest BCUT2D eigenvalue weighted by molar-refractivity contribution is 5.69. The van der Waals surface area contributed by atoms with Gasteiger partial charge in [-0.25, -0.2) is 0 Å². The molecule has 2 atom stereocenters. The van der Waals surface area contributed by atoms with Crippen molar-refractivity contribution < 1.29 is 9.53 Å². The number of hydrogen-bond donors (Lipinski definition) is 0. The van der Waals surface area contributed by atoms with E-state index in [4.69, 9.17) is 0 Å². The average molecular weight is 182 g/mol. The van der Waals surface area contributed by atoms with Crippen LogP contribution in [0.4, 0.5) is 0 Å². The Morgan fingerprint density at radius 3 is 3.00 bits per heavy atom. The lowest BCUT2D eigenvalue weighted by atomic mass is 9.99. The molecule has 2 unspecified atom stereocenters. The summed E-state index contributed by atoms with van der Waals surface area (Å²) in [5.74, 6) is 1.28. The van der Waals surface area contributed by atoms with Crippen molar-refractivity contribution in [3.8, 4) is 0 Å². The van der Waals surface area contributed by atoms with Gasteiger partial charge in [0.2, 0.25) is 0 Å². The Morgan fingerprint density at radius 1 is 1.69 bits per heavy atom. The van der Waals surface area contributed by atoms with Gasteiger partial charge in [-0.05, 0) is 37.5 Å². The molecule has 13 heavy (non-hydrogen) atoms. The van der Waals surface area contributed by atoms with Crippen molar-refractivity contribution in [2.45, 2.75) is 32.1 Å². The van der Waals surface area contributed by atoms with E-state index < -0.39 is 0 Å². The summed E-state index contributed by atoms with van der Waals surface area (Å²) in [6.45, 7) is 3.90. The van der Waals surface area contributed by atoms with Crippen molar-refractivity contribution in [2.24, 2.45) is 11.8 Å². The van der Waals surface area contributed by atoms with E-state index in [9.17, 15) is 4.79 Å². The van der Waals surface area contributed by atoms with E-state index in [2.05, 4.69) is 18.1 Å². The van der Waals surface area contributed by atoms with Gasteiger partial charge >= 0.3 is 5.97 Å². The Labute approximate surface area is 80.7 Å². The molecule has 74 valence electrons. The standard InChI is InChI=1S/C11H18O2/c1-3-9-4-5-10(8-9)6-7-11(12)13-2/h5,9-10H,1,3-4,6-8H2,2H3. The molecule has 1 aliphatic carbocycles. The van der Waals surface area contributed by atoms with Crippen LogP contribution in [-0.4, -0.2) is 13.1 Å². The highest BCUT2D eigenvalue weighted by Crippen LogP contribution is 2.34. The quantitative estimate of drug-likeness (QED) is 0.624. The predicted molar refractivity (Wildman–Crippen MR) is 51.7 cm³/mol. The lowest BCUT2D eigenvalue weighted by molar-refractivity contribution is -0.140. The first-order valence-electron chi connectivity index (χ1n) is 4.95. The zero-order chi connectivity index (χ0) is 9.68. The number of hydrogen-bond acceptors (Lipinski definition) is 2. The predicted octanol–water partition coefficient (Wildman–Crippen LogP) is 2.39. The molecule has 0 amide bonds. The van der Waals surface area contributed by atoms with Gasteiger partial charge in [-0.3, -0.25) is 4.79 Å². The van der Waals surface area contributed by atoms with Gasteiger partial charge in [0, 0.05) is 6.42 Å². The van der Waals surface area contributed by atoms with Crippen molar-refractivity contribution in [3.05, 3.63) is 13.3 Å². The Morgan fingerprint density at radius 2 is 2.46 bits per heavy atom. The Hall–Kier alpha value is -0.530. The number of ether oxygens (including phenoxy) is 1. The number of methoxy groups -OCH3 is 1. The molecule has 0 heterocycles. The third kappa shape index (κ3) is 3.37. The summed E-state index contributed by atoms with van der Waals surface area (Å²) in [6, 6.07) is 0. The molecule has 1 rings (SSSR count). The Kier molecular flexibility index (Phi) is 4.26. The molecule has 2 heteroatoms. The van der Waals surface area contributed by atoms with Crippen LogP contribution in [0, 0.1) is 25.2 Å². The zero-order valence-electron chi connectivity index (χ0n) is 8.29. The van der Waals surface area contributed by atoms with Crippen LogP contribution in [0.15, 0.2) is 0 Å². The molecule has 0 aromatic heterocycles. The molecule has 1 fully saturated rings. The van der Waals surface area contributed by atoms with Crippen LogP contribution in [0.5, 0.6) is 0 Å². The second-order valence-electron chi connectivity index (χ2n) is 3.74. The lowest BCUT2D eigenvalue weighted by Gasteiger charge is -2.08. The molecule has 0 bridgehead atoms. The Bertz CT molecular complexity index is 165. The van der Waals surface area contributed by atoms with Gasteiger partial charge < -0.3 is 4.74 Å². The molecule has 0 spiro atoms. The van der Waals surface area contributed by atoms with Crippen molar-refractivity contribution in [2.75, 3.05) is 7.11 Å². The van der Waals surface area contributed by atoms with Crippen LogP contribution in [0.25, 0.3) is 0 Å². The first kappa shape index (κ1) is 10.6. The molecular formula is C11H18O2. The normalized spacial score (nSPS) is 27.5. The summed E-state index contributed by atoms with van der Waals surface area (Å²) >= 11 is 0. The van der Waals surface area contributed by atoms with E-state index in [-0.39, 0.29) is 5.97 Å². The highest BCUT2D eigenvalue weighted by atomic mass is 16.5. The van der Waals surface area contributed by atoms with Crippen molar-refractivity contribution in [1.82, 2.24) is 0 Å². The molecule has 1 saturated carbocycles. The van der Waals surface area contributed by atoms with E-state index in [1.807, 2.05) is 0 Å². The molecule has 0 aliphatic heterocycles. The third-order valence-electron chi connectivity index (χ3n) is 2.79. The second-order valence-corrected chi connectivity index (χ2v) is 3.74. The first-order chi connectivity index (χ1) is 6.26. The van der Waals surface area contributed by atoms with Crippen molar-refractivity contribution in [1.29, 1.82) is 0 Å². The van der Waals surface area contributed by atoms with E-state index in [0.29, 0.717) is 12.3 Å². The summed E-state index contributed by atoms with van der Waals surface area (Å²) in [5, 5.41) is 0. The largest absolute Gasteiger partial charge is 0.469 e. The monoisotopic (exact) mass is 182 g/mol. The van der Waals surface area contributed by atoms with Gasteiger partial charge in [0.1, 0.15) is 0 Å². The van der Waals surface area contributed by atoms with Gasteiger partial charge in [0.25, 0.3) is 0 Å². The van der Waals surface area contributed by atoms with Gasteiger partial charge in [-0.15, -0.1) is 0 Å². The van der Waals surface area contributed by atoms with Crippen LogP contribution in [0.2, 0.25) is 0 Å². The van der Waals surface area contributed by atoms with Crippen LogP contribution in [0.1, 0.15) is 32.1 Å². The SMILES string of the molecule is [CH2]CC1C[CH]C(CCC(=O)OC)C1. The number of rotatable bonds is 4. The smallest absolute Gasteiger partial charge is 0.305 e. The maximum atomic E-state index is 10.9. The lowest BCUT2D eigenvalue weighted by Crippen LogP contribution is -2.04. The molecule has 2 nitrogen and oxygen atoms in total. The van der Waals surface area contributed by atoms with Crippen LogP contribution >= 0.6 is 0 Å². The molecule has 0 aromatic rings. The maximum absolute atomic E-state index is 10.9. The van der Waals surface area contributed by atoms with E-state index in [0.717, 1.165) is 18.8 Å². The zero-order valence-corrected chi connectivity index (χ0v) is 8.29. The topological polar surface area (TPSA) is 26.3 Å². The van der Waals surface area contributed by atoms with Crippen LogP contribution in [-0.2, 0) is 9.53 Å². The molecule has 0 aromatic carbocycles. The summed E-state index contributed by atoms with van der Waals surface area (Å²) < 4.78 is 4.60. The minimum absolute atomic E-state index is 0.0912. The van der Waals surface area contributed by atoms with Crippen LogP contribution in [0.3, 0.4) is 0 Å². The minimum Gasteiger partial charge on any atom is -0.469 e. The summed E-state index contributed by atoms with van der Waals surface area (Å²) in [6.07, 6.45) is 7.24.